The maximum Gasteiger partial charge on any atom is 0.406 e. The zero-order valence-corrected chi connectivity index (χ0v) is 11.4. The monoisotopic (exact) mass is 302 g/mol. The Bertz CT molecular complexity index is 527. The molecular weight excluding hydrogens is 285 g/mol. The van der Waals surface area contributed by atoms with Crippen LogP contribution in [0, 0.1) is 0 Å². The van der Waals surface area contributed by atoms with Crippen molar-refractivity contribution in [2.24, 2.45) is 0 Å². The molecule has 0 bridgehead atoms. The first-order valence-corrected chi connectivity index (χ1v) is 7.09. The van der Waals surface area contributed by atoms with Crippen LogP contribution in [0.1, 0.15) is 36.6 Å². The van der Waals surface area contributed by atoms with E-state index in [0.29, 0.717) is 0 Å². The lowest BCUT2D eigenvalue weighted by molar-refractivity contribution is -0.157. The summed E-state index contributed by atoms with van der Waals surface area (Å²) in [6.07, 6.45) is 0.208. The number of nitrogens with zero attached hydrogens (tertiary/aromatic N) is 1. The highest BCUT2D eigenvalue weighted by Crippen LogP contribution is 2.32. The number of furan rings is 1. The van der Waals surface area contributed by atoms with Gasteiger partial charge in [-0.2, -0.15) is 13.2 Å². The van der Waals surface area contributed by atoms with E-state index in [1.165, 1.54) is 0 Å². The third-order valence-corrected chi connectivity index (χ3v) is 4.07. The van der Waals surface area contributed by atoms with Crippen molar-refractivity contribution in [1.82, 2.24) is 10.2 Å². The number of halogens is 3. The molecule has 4 nitrogen and oxygen atoms in total. The molecule has 0 radical (unpaired) electrons. The summed E-state index contributed by atoms with van der Waals surface area (Å²) in [5, 5.41) is 3.32. The molecule has 1 aliphatic carbocycles. The summed E-state index contributed by atoms with van der Waals surface area (Å²) < 4.78 is 42.6. The summed E-state index contributed by atoms with van der Waals surface area (Å²) in [7, 11) is 0. The van der Waals surface area contributed by atoms with Crippen LogP contribution in [0.25, 0.3) is 0 Å². The van der Waals surface area contributed by atoms with Crippen LogP contribution in [-0.4, -0.2) is 36.1 Å². The Morgan fingerprint density at radius 3 is 3.00 bits per heavy atom. The van der Waals surface area contributed by atoms with E-state index in [0.717, 1.165) is 35.5 Å². The summed E-state index contributed by atoms with van der Waals surface area (Å²) in [6, 6.07) is 1.73. The smallest absolute Gasteiger partial charge is 0.406 e. The molecule has 7 heteroatoms. The fourth-order valence-electron chi connectivity index (χ4n) is 3.20. The van der Waals surface area contributed by atoms with E-state index < -0.39 is 18.6 Å². The van der Waals surface area contributed by atoms with Crippen molar-refractivity contribution in [3.8, 4) is 0 Å². The molecule has 2 aliphatic rings. The highest BCUT2D eigenvalue weighted by Gasteiger charge is 2.39. The zero-order valence-electron chi connectivity index (χ0n) is 11.4. The quantitative estimate of drug-likeness (QED) is 0.932. The second-order valence-electron chi connectivity index (χ2n) is 5.70. The van der Waals surface area contributed by atoms with Gasteiger partial charge in [0, 0.05) is 37.0 Å². The van der Waals surface area contributed by atoms with Crippen molar-refractivity contribution >= 4 is 5.91 Å². The van der Waals surface area contributed by atoms with Gasteiger partial charge in [0.25, 0.3) is 0 Å². The van der Waals surface area contributed by atoms with Gasteiger partial charge in [0.1, 0.15) is 12.3 Å². The van der Waals surface area contributed by atoms with Gasteiger partial charge in [0.15, 0.2) is 0 Å². The van der Waals surface area contributed by atoms with Crippen LogP contribution < -0.4 is 5.32 Å². The first kappa shape index (κ1) is 14.4. The highest BCUT2D eigenvalue weighted by atomic mass is 19.4. The van der Waals surface area contributed by atoms with Crippen molar-refractivity contribution in [3.05, 3.63) is 23.7 Å². The summed E-state index contributed by atoms with van der Waals surface area (Å²) >= 11 is 0. The molecule has 1 aromatic heterocycles. The predicted octanol–water partition coefficient (Wildman–Crippen LogP) is 2.41. The molecule has 2 heterocycles. The van der Waals surface area contributed by atoms with Crippen molar-refractivity contribution < 1.29 is 22.4 Å². The van der Waals surface area contributed by atoms with Crippen LogP contribution in [0.5, 0.6) is 0 Å². The minimum absolute atomic E-state index is 0.0659. The van der Waals surface area contributed by atoms with Crippen molar-refractivity contribution in [3.63, 3.8) is 0 Å². The minimum atomic E-state index is -4.34. The Labute approximate surface area is 120 Å². The number of fused-ring (bicyclic) bond motifs is 1. The standard InChI is InChI=1S/C14H17F3N2O2/c15-14(16,17)8-19-7-9(6-13(19)20)18-11-2-1-3-12-10(11)4-5-21-12/h4-5,9,11,18H,1-3,6-8H2/t9-,11+/m0/s1. The largest absolute Gasteiger partial charge is 0.469 e. The lowest BCUT2D eigenvalue weighted by Crippen LogP contribution is -2.39. The van der Waals surface area contributed by atoms with Crippen molar-refractivity contribution in [1.29, 1.82) is 0 Å². The van der Waals surface area contributed by atoms with Crippen LogP contribution in [0.2, 0.25) is 0 Å². The van der Waals surface area contributed by atoms with Gasteiger partial charge >= 0.3 is 6.18 Å². The first-order chi connectivity index (χ1) is 9.92. The molecule has 3 rings (SSSR count). The fraction of sp³-hybridized carbons (Fsp3) is 0.643. The number of carbonyl (C=O) groups excluding carboxylic acids is 1. The topological polar surface area (TPSA) is 45.5 Å². The summed E-state index contributed by atoms with van der Waals surface area (Å²) in [6.45, 7) is -1.05. The molecule has 1 saturated heterocycles. The molecule has 1 N–H and O–H groups in total. The summed E-state index contributed by atoms with van der Waals surface area (Å²) in [5.41, 5.74) is 1.07. The van der Waals surface area contributed by atoms with Crippen molar-refractivity contribution in [2.45, 2.75) is 43.9 Å². The molecule has 21 heavy (non-hydrogen) atoms. The van der Waals surface area contributed by atoms with Crippen LogP contribution in [0.15, 0.2) is 16.7 Å². The molecule has 0 saturated carbocycles. The SMILES string of the molecule is O=C1C[C@H](N[C@@H]2CCCc3occc32)CN1CC(F)(F)F. The van der Waals surface area contributed by atoms with Crippen LogP contribution in [0.3, 0.4) is 0 Å². The van der Waals surface area contributed by atoms with E-state index in [1.807, 2.05) is 6.07 Å². The zero-order chi connectivity index (χ0) is 15.0. The lowest BCUT2D eigenvalue weighted by Gasteiger charge is -2.26. The molecule has 0 unspecified atom stereocenters. The van der Waals surface area contributed by atoms with Crippen molar-refractivity contribution in [2.75, 3.05) is 13.1 Å². The summed E-state index contributed by atoms with van der Waals surface area (Å²) in [4.78, 5) is 12.6. The number of alkyl halides is 3. The number of rotatable bonds is 3. The minimum Gasteiger partial charge on any atom is -0.469 e. The normalized spacial score (nSPS) is 26.2. The Hall–Kier alpha value is -1.50. The Morgan fingerprint density at radius 1 is 1.43 bits per heavy atom. The van der Waals surface area contributed by atoms with E-state index in [9.17, 15) is 18.0 Å². The van der Waals surface area contributed by atoms with E-state index in [4.69, 9.17) is 4.42 Å². The number of carbonyl (C=O) groups is 1. The van der Waals surface area contributed by atoms with Gasteiger partial charge < -0.3 is 14.6 Å². The predicted molar refractivity (Wildman–Crippen MR) is 68.6 cm³/mol. The lowest BCUT2D eigenvalue weighted by atomic mass is 9.93. The highest BCUT2D eigenvalue weighted by molar-refractivity contribution is 5.79. The molecule has 116 valence electrons. The number of hydrogen-bond donors (Lipinski definition) is 1. The number of aryl methyl sites for hydroxylation is 1. The Balaban J connectivity index is 1.62. The molecular formula is C14H17F3N2O2. The average molecular weight is 302 g/mol. The number of amides is 1. The number of likely N-dealkylation sites (tertiary alicyclic amines) is 1. The van der Waals surface area contributed by atoms with Gasteiger partial charge in [-0.3, -0.25) is 4.79 Å². The number of nitrogens with one attached hydrogen (secondary N) is 1. The van der Waals surface area contributed by atoms with Crippen LogP contribution in [-0.2, 0) is 11.2 Å². The van der Waals surface area contributed by atoms with Gasteiger partial charge in [-0.05, 0) is 18.9 Å². The van der Waals surface area contributed by atoms with E-state index in [2.05, 4.69) is 5.32 Å². The van der Waals surface area contributed by atoms with E-state index in [-0.39, 0.29) is 25.0 Å². The molecule has 1 amide bonds. The maximum absolute atomic E-state index is 12.4. The molecule has 2 atom stereocenters. The van der Waals surface area contributed by atoms with Gasteiger partial charge in [-0.15, -0.1) is 0 Å². The van der Waals surface area contributed by atoms with E-state index in [1.54, 1.807) is 6.26 Å². The molecule has 0 spiro atoms. The van der Waals surface area contributed by atoms with Crippen LogP contribution >= 0.6 is 0 Å². The van der Waals surface area contributed by atoms with Gasteiger partial charge in [0.05, 0.1) is 6.26 Å². The Kier molecular flexibility index (Phi) is 3.69. The van der Waals surface area contributed by atoms with Gasteiger partial charge in [-0.25, -0.2) is 0 Å². The molecule has 1 fully saturated rings. The third-order valence-electron chi connectivity index (χ3n) is 4.07. The second kappa shape index (κ2) is 5.36. The first-order valence-electron chi connectivity index (χ1n) is 7.09. The fourth-order valence-corrected chi connectivity index (χ4v) is 3.20. The van der Waals surface area contributed by atoms with Gasteiger partial charge in [-0.1, -0.05) is 0 Å². The molecule has 1 aromatic rings. The Morgan fingerprint density at radius 2 is 2.24 bits per heavy atom. The molecule has 0 aromatic carbocycles. The second-order valence-corrected chi connectivity index (χ2v) is 5.70. The van der Waals surface area contributed by atoms with Gasteiger partial charge in [0.2, 0.25) is 5.91 Å². The van der Waals surface area contributed by atoms with Crippen LogP contribution in [0.4, 0.5) is 13.2 Å². The average Bonchev–Trinajstić information content (AvgIpc) is 2.96. The summed E-state index contributed by atoms with van der Waals surface area (Å²) in [5.74, 6) is 0.503. The maximum atomic E-state index is 12.4. The number of hydrogen-bond acceptors (Lipinski definition) is 3. The third kappa shape index (κ3) is 3.23. The molecule has 1 aliphatic heterocycles. The van der Waals surface area contributed by atoms with E-state index >= 15 is 0 Å².